The van der Waals surface area contributed by atoms with Gasteiger partial charge in [0.1, 0.15) is 0 Å². The van der Waals surface area contributed by atoms with E-state index in [0.717, 1.165) is 42.4 Å². The third-order valence-corrected chi connectivity index (χ3v) is 10.7. The third kappa shape index (κ3) is 3.65. The zero-order chi connectivity index (χ0) is 21.0. The summed E-state index contributed by atoms with van der Waals surface area (Å²) in [4.78, 5) is 0. The first kappa shape index (κ1) is 21.9. The van der Waals surface area contributed by atoms with Crippen LogP contribution in [0.3, 0.4) is 0 Å². The largest absolute Gasteiger partial charge is 0.393 e. The van der Waals surface area contributed by atoms with Crippen molar-refractivity contribution in [1.29, 1.82) is 0 Å². The highest BCUT2D eigenvalue weighted by Gasteiger charge is 2.59. The molecule has 4 unspecified atom stereocenters. The van der Waals surface area contributed by atoms with Crippen LogP contribution in [0, 0.1) is 40.4 Å². The van der Waals surface area contributed by atoms with Crippen molar-refractivity contribution in [3.8, 4) is 0 Å². The number of nitrogens with one attached hydrogen (secondary N) is 1. The molecule has 3 saturated carbocycles. The Hall–Kier alpha value is -0.340. The molecular formula is C27H47NO. The van der Waals surface area contributed by atoms with Crippen molar-refractivity contribution in [2.24, 2.45) is 40.4 Å². The molecule has 0 amide bonds. The van der Waals surface area contributed by atoms with E-state index in [-0.39, 0.29) is 11.6 Å². The number of aliphatic hydroxyl groups is 1. The quantitative estimate of drug-likeness (QED) is 0.527. The van der Waals surface area contributed by atoms with Crippen molar-refractivity contribution < 1.29 is 5.11 Å². The summed E-state index contributed by atoms with van der Waals surface area (Å²) in [6, 6.07) is 0. The van der Waals surface area contributed by atoms with Crippen LogP contribution in [-0.2, 0) is 0 Å². The fraction of sp³-hybridized carbons (Fsp3) is 0.926. The van der Waals surface area contributed by atoms with Crippen LogP contribution in [0.2, 0.25) is 0 Å². The van der Waals surface area contributed by atoms with Gasteiger partial charge in [-0.25, -0.2) is 0 Å². The summed E-state index contributed by atoms with van der Waals surface area (Å²) in [6.07, 6.45) is 15.4. The Bertz CT molecular complexity index is 638. The predicted molar refractivity (Wildman–Crippen MR) is 123 cm³/mol. The van der Waals surface area contributed by atoms with Crippen LogP contribution < -0.4 is 5.32 Å². The van der Waals surface area contributed by atoms with E-state index in [0.29, 0.717) is 10.8 Å². The average Bonchev–Trinajstić information content (AvgIpc) is 3.04. The topological polar surface area (TPSA) is 32.3 Å². The first-order chi connectivity index (χ1) is 13.6. The van der Waals surface area contributed by atoms with Crippen molar-refractivity contribution >= 4 is 0 Å². The van der Waals surface area contributed by atoms with Crippen LogP contribution in [0.25, 0.3) is 0 Å². The summed E-state index contributed by atoms with van der Waals surface area (Å²) < 4.78 is 0. The number of hydrogen-bond acceptors (Lipinski definition) is 2. The lowest BCUT2D eigenvalue weighted by Gasteiger charge is -2.58. The molecule has 166 valence electrons. The van der Waals surface area contributed by atoms with Gasteiger partial charge in [-0.05, 0) is 126 Å². The molecule has 0 saturated heterocycles. The van der Waals surface area contributed by atoms with E-state index in [9.17, 15) is 5.11 Å². The lowest BCUT2D eigenvalue weighted by atomic mass is 9.47. The molecule has 0 aromatic carbocycles. The summed E-state index contributed by atoms with van der Waals surface area (Å²) in [5.41, 5.74) is 2.80. The molecule has 2 heteroatoms. The average molecular weight is 402 g/mol. The van der Waals surface area contributed by atoms with Crippen molar-refractivity contribution in [1.82, 2.24) is 5.32 Å². The van der Waals surface area contributed by atoms with Crippen LogP contribution >= 0.6 is 0 Å². The molecule has 2 nitrogen and oxygen atoms in total. The van der Waals surface area contributed by atoms with Gasteiger partial charge >= 0.3 is 0 Å². The highest BCUT2D eigenvalue weighted by molar-refractivity contribution is 5.25. The number of allylic oxidation sites excluding steroid dienone is 1. The molecule has 4 aliphatic carbocycles. The zero-order valence-corrected chi connectivity index (χ0v) is 20.1. The van der Waals surface area contributed by atoms with Crippen LogP contribution in [0.4, 0.5) is 0 Å². The molecule has 0 radical (unpaired) electrons. The van der Waals surface area contributed by atoms with E-state index in [4.69, 9.17) is 0 Å². The lowest BCUT2D eigenvalue weighted by molar-refractivity contribution is -0.0575. The monoisotopic (exact) mass is 401 g/mol. The Morgan fingerprint density at radius 1 is 1.14 bits per heavy atom. The Balaban J connectivity index is 1.50. The molecule has 0 aromatic rings. The first-order valence-corrected chi connectivity index (χ1v) is 12.7. The summed E-state index contributed by atoms with van der Waals surface area (Å²) in [5.74, 6) is 4.43. The molecule has 3 fully saturated rings. The third-order valence-electron chi connectivity index (χ3n) is 10.7. The fourth-order valence-electron chi connectivity index (χ4n) is 8.53. The maximum absolute atomic E-state index is 10.2. The van der Waals surface area contributed by atoms with Gasteiger partial charge in [0.25, 0.3) is 0 Å². The number of fused-ring (bicyclic) bond motifs is 5. The molecule has 0 spiro atoms. The SMILES string of the molecule is CNC(C)(C)CCC(C)[C@H]1CCC2C3CC=C4C[C@@H](O)CC[C@]4(C)C3CC[C@@]21C. The normalized spacial score (nSPS) is 45.8. The van der Waals surface area contributed by atoms with Crippen LogP contribution in [-0.4, -0.2) is 23.8 Å². The van der Waals surface area contributed by atoms with Crippen LogP contribution in [0.1, 0.15) is 98.8 Å². The van der Waals surface area contributed by atoms with E-state index < -0.39 is 0 Å². The van der Waals surface area contributed by atoms with Crippen molar-refractivity contribution in [2.45, 2.75) is 110 Å². The number of hydrogen-bond donors (Lipinski definition) is 2. The Morgan fingerprint density at radius 3 is 2.62 bits per heavy atom. The minimum absolute atomic E-state index is 0.0849. The van der Waals surface area contributed by atoms with E-state index in [1.807, 2.05) is 0 Å². The van der Waals surface area contributed by atoms with E-state index in [2.05, 4.69) is 53.1 Å². The minimum atomic E-state index is -0.0849. The van der Waals surface area contributed by atoms with Gasteiger partial charge < -0.3 is 10.4 Å². The standard InChI is InChI=1S/C27H47NO/c1-18(11-14-25(2,3)28-6)22-9-10-23-21-8-7-19-17-20(29)12-15-26(19,4)24(21)13-16-27(22,23)5/h7,18,20-24,28-29H,8-17H2,1-6H3/t18?,20-,21?,22+,23?,24?,26-,27+/m0/s1. The maximum atomic E-state index is 10.2. The highest BCUT2D eigenvalue weighted by Crippen LogP contribution is 2.67. The maximum Gasteiger partial charge on any atom is 0.0577 e. The van der Waals surface area contributed by atoms with Crippen molar-refractivity contribution in [3.63, 3.8) is 0 Å². The van der Waals surface area contributed by atoms with Gasteiger partial charge in [0.2, 0.25) is 0 Å². The van der Waals surface area contributed by atoms with Crippen LogP contribution in [0.15, 0.2) is 11.6 Å². The molecule has 29 heavy (non-hydrogen) atoms. The summed E-state index contributed by atoms with van der Waals surface area (Å²) in [7, 11) is 2.11. The van der Waals surface area contributed by atoms with Gasteiger partial charge in [-0.15, -0.1) is 0 Å². The van der Waals surface area contributed by atoms with Gasteiger partial charge in [-0.2, -0.15) is 0 Å². The Labute approximate surface area is 180 Å². The number of rotatable bonds is 5. The molecule has 0 aromatic heterocycles. The summed E-state index contributed by atoms with van der Waals surface area (Å²) >= 11 is 0. The predicted octanol–water partition coefficient (Wildman–Crippen LogP) is 6.34. The highest BCUT2D eigenvalue weighted by atomic mass is 16.3. The zero-order valence-electron chi connectivity index (χ0n) is 20.1. The van der Waals surface area contributed by atoms with Crippen molar-refractivity contribution in [2.75, 3.05) is 7.05 Å². The molecule has 0 heterocycles. The van der Waals surface area contributed by atoms with Gasteiger partial charge in [-0.3, -0.25) is 0 Å². The molecule has 0 aliphatic heterocycles. The van der Waals surface area contributed by atoms with Gasteiger partial charge in [0, 0.05) is 5.54 Å². The van der Waals surface area contributed by atoms with E-state index in [1.165, 1.54) is 51.4 Å². The minimum Gasteiger partial charge on any atom is -0.393 e. The molecule has 4 aliphatic rings. The van der Waals surface area contributed by atoms with E-state index in [1.54, 1.807) is 5.57 Å². The van der Waals surface area contributed by atoms with Crippen LogP contribution in [0.5, 0.6) is 0 Å². The lowest BCUT2D eigenvalue weighted by Crippen LogP contribution is -2.50. The Morgan fingerprint density at radius 2 is 1.90 bits per heavy atom. The summed E-state index contributed by atoms with van der Waals surface area (Å²) in [5, 5.41) is 13.7. The Kier molecular flexibility index (Phi) is 5.78. The number of aliphatic hydroxyl groups excluding tert-OH is 1. The molecule has 0 bridgehead atoms. The molecule has 8 atom stereocenters. The van der Waals surface area contributed by atoms with Gasteiger partial charge in [0.05, 0.1) is 6.10 Å². The summed E-state index contributed by atoms with van der Waals surface area (Å²) in [6.45, 7) is 12.5. The van der Waals surface area contributed by atoms with Gasteiger partial charge in [0.15, 0.2) is 0 Å². The van der Waals surface area contributed by atoms with E-state index >= 15 is 0 Å². The van der Waals surface area contributed by atoms with Gasteiger partial charge in [-0.1, -0.05) is 32.4 Å². The molecule has 4 rings (SSSR count). The second kappa shape index (κ2) is 7.66. The first-order valence-electron chi connectivity index (χ1n) is 12.7. The molecule has 2 N–H and O–H groups in total. The second-order valence-corrected chi connectivity index (χ2v) is 12.5. The second-order valence-electron chi connectivity index (χ2n) is 12.5. The fourth-order valence-corrected chi connectivity index (χ4v) is 8.53. The van der Waals surface area contributed by atoms with Crippen molar-refractivity contribution in [3.05, 3.63) is 11.6 Å². The molecular weight excluding hydrogens is 354 g/mol. The smallest absolute Gasteiger partial charge is 0.0577 e.